The van der Waals surface area contributed by atoms with E-state index in [1.165, 1.54) is 18.4 Å². The van der Waals surface area contributed by atoms with Gasteiger partial charge in [-0.1, -0.05) is 52.3 Å². The number of alkyl halides is 1. The lowest BCUT2D eigenvalue weighted by molar-refractivity contribution is 0.553. The number of hydrogen-bond donors (Lipinski definition) is 0. The molecule has 14 heavy (non-hydrogen) atoms. The predicted molar refractivity (Wildman–Crippen MR) is 66.9 cm³/mol. The second kappa shape index (κ2) is 6.83. The third kappa shape index (κ3) is 4.10. The van der Waals surface area contributed by atoms with Crippen LogP contribution in [-0.2, 0) is 6.42 Å². The summed E-state index contributed by atoms with van der Waals surface area (Å²) < 4.78 is 0. The molecular weight excluding hydrogens is 236 g/mol. The summed E-state index contributed by atoms with van der Waals surface area (Å²) >= 11 is 3.54. The molecule has 1 unspecified atom stereocenters. The fourth-order valence-corrected chi connectivity index (χ4v) is 2.10. The highest BCUT2D eigenvalue weighted by atomic mass is 79.9. The highest BCUT2D eigenvalue weighted by molar-refractivity contribution is 9.09. The average molecular weight is 253 g/mol. The number of benzene rings is 1. The van der Waals surface area contributed by atoms with Crippen LogP contribution in [0.1, 0.15) is 18.4 Å². The highest BCUT2D eigenvalue weighted by Crippen LogP contribution is 2.15. The van der Waals surface area contributed by atoms with E-state index in [1.807, 2.05) is 6.08 Å². The SMILES string of the molecule is C=CCC(CBr)CCc1ccccc1. The molecule has 1 atom stereocenters. The molecule has 0 aliphatic heterocycles. The normalized spacial score (nSPS) is 12.4. The Morgan fingerprint density at radius 3 is 2.57 bits per heavy atom. The first-order chi connectivity index (χ1) is 6.86. The molecule has 0 N–H and O–H groups in total. The van der Waals surface area contributed by atoms with Gasteiger partial charge in [-0.25, -0.2) is 0 Å². The summed E-state index contributed by atoms with van der Waals surface area (Å²) in [5.41, 5.74) is 1.43. The van der Waals surface area contributed by atoms with E-state index in [0.29, 0.717) is 0 Å². The van der Waals surface area contributed by atoms with Crippen LogP contribution < -0.4 is 0 Å². The van der Waals surface area contributed by atoms with E-state index in [-0.39, 0.29) is 0 Å². The van der Waals surface area contributed by atoms with Gasteiger partial charge >= 0.3 is 0 Å². The molecule has 0 nitrogen and oxygen atoms in total. The molecule has 0 heterocycles. The molecule has 1 aromatic rings. The van der Waals surface area contributed by atoms with Gasteiger partial charge in [-0.2, -0.15) is 0 Å². The first-order valence-corrected chi connectivity index (χ1v) is 6.19. The standard InChI is InChI=1S/C13H17Br/c1-2-6-13(11-14)10-9-12-7-4-3-5-8-12/h2-5,7-8,13H,1,6,9-11H2. The third-order valence-corrected chi connectivity index (χ3v) is 3.32. The molecule has 0 saturated carbocycles. The van der Waals surface area contributed by atoms with Gasteiger partial charge in [0.1, 0.15) is 0 Å². The van der Waals surface area contributed by atoms with Gasteiger partial charge in [-0.15, -0.1) is 6.58 Å². The number of hydrogen-bond acceptors (Lipinski definition) is 0. The van der Waals surface area contributed by atoms with E-state index in [2.05, 4.69) is 52.8 Å². The van der Waals surface area contributed by atoms with Gasteiger partial charge in [-0.05, 0) is 30.7 Å². The van der Waals surface area contributed by atoms with Crippen LogP contribution >= 0.6 is 15.9 Å². The Morgan fingerprint density at radius 2 is 2.00 bits per heavy atom. The van der Waals surface area contributed by atoms with E-state index in [9.17, 15) is 0 Å². The fraction of sp³-hybridized carbons (Fsp3) is 0.385. The van der Waals surface area contributed by atoms with Crippen LogP contribution in [0.15, 0.2) is 43.0 Å². The predicted octanol–water partition coefficient (Wildman–Crippen LogP) is 4.21. The highest BCUT2D eigenvalue weighted by Gasteiger charge is 2.04. The van der Waals surface area contributed by atoms with Gasteiger partial charge in [0, 0.05) is 5.33 Å². The number of rotatable bonds is 6. The molecule has 0 fully saturated rings. The Bertz CT molecular complexity index is 253. The molecule has 0 radical (unpaired) electrons. The lowest BCUT2D eigenvalue weighted by Gasteiger charge is -2.10. The van der Waals surface area contributed by atoms with E-state index in [0.717, 1.165) is 17.7 Å². The summed E-state index contributed by atoms with van der Waals surface area (Å²) in [5, 5.41) is 1.08. The summed E-state index contributed by atoms with van der Waals surface area (Å²) in [6.45, 7) is 3.78. The first kappa shape index (κ1) is 11.5. The van der Waals surface area contributed by atoms with Crippen molar-refractivity contribution in [2.75, 3.05) is 5.33 Å². The molecule has 0 aliphatic rings. The average Bonchev–Trinajstić information content (AvgIpc) is 2.25. The minimum atomic E-state index is 0.729. The topological polar surface area (TPSA) is 0 Å². The van der Waals surface area contributed by atoms with Crippen LogP contribution in [0, 0.1) is 5.92 Å². The maximum Gasteiger partial charge on any atom is 0.00627 e. The minimum Gasteiger partial charge on any atom is -0.103 e. The molecule has 0 amide bonds. The molecule has 1 heteroatoms. The van der Waals surface area contributed by atoms with Crippen LogP contribution in [-0.4, -0.2) is 5.33 Å². The van der Waals surface area contributed by atoms with Crippen LogP contribution in [0.2, 0.25) is 0 Å². The Hall–Kier alpha value is -0.560. The molecular formula is C13H17Br. The molecule has 0 aliphatic carbocycles. The molecule has 0 aromatic heterocycles. The van der Waals surface area contributed by atoms with Crippen LogP contribution in [0.25, 0.3) is 0 Å². The molecule has 76 valence electrons. The van der Waals surface area contributed by atoms with Crippen molar-refractivity contribution in [3.63, 3.8) is 0 Å². The largest absolute Gasteiger partial charge is 0.103 e. The van der Waals surface area contributed by atoms with Crippen LogP contribution in [0.5, 0.6) is 0 Å². The van der Waals surface area contributed by atoms with Crippen molar-refractivity contribution in [3.05, 3.63) is 48.6 Å². The summed E-state index contributed by atoms with van der Waals surface area (Å²) in [6, 6.07) is 10.7. The van der Waals surface area contributed by atoms with Gasteiger partial charge in [0.05, 0.1) is 0 Å². The Balaban J connectivity index is 2.35. The maximum absolute atomic E-state index is 3.78. The van der Waals surface area contributed by atoms with Gasteiger partial charge in [0.25, 0.3) is 0 Å². The second-order valence-electron chi connectivity index (χ2n) is 3.57. The summed E-state index contributed by atoms with van der Waals surface area (Å²) in [4.78, 5) is 0. The van der Waals surface area contributed by atoms with E-state index >= 15 is 0 Å². The van der Waals surface area contributed by atoms with Gasteiger partial charge in [0.15, 0.2) is 0 Å². The number of allylic oxidation sites excluding steroid dienone is 1. The molecule has 1 aromatic carbocycles. The fourth-order valence-electron chi connectivity index (χ4n) is 1.51. The van der Waals surface area contributed by atoms with Crippen LogP contribution in [0.4, 0.5) is 0 Å². The minimum absolute atomic E-state index is 0.729. The number of aryl methyl sites for hydroxylation is 1. The lowest BCUT2D eigenvalue weighted by atomic mass is 9.98. The van der Waals surface area contributed by atoms with Crippen molar-refractivity contribution < 1.29 is 0 Å². The molecule has 0 spiro atoms. The lowest BCUT2D eigenvalue weighted by Crippen LogP contribution is -2.02. The Labute approximate surface area is 95.2 Å². The van der Waals surface area contributed by atoms with Crippen molar-refractivity contribution in [1.82, 2.24) is 0 Å². The monoisotopic (exact) mass is 252 g/mol. The van der Waals surface area contributed by atoms with Crippen LogP contribution in [0.3, 0.4) is 0 Å². The molecule has 0 bridgehead atoms. The zero-order valence-corrected chi connectivity index (χ0v) is 10.0. The number of halogens is 1. The second-order valence-corrected chi connectivity index (χ2v) is 4.22. The van der Waals surface area contributed by atoms with Crippen molar-refractivity contribution >= 4 is 15.9 Å². The molecule has 0 saturated heterocycles. The zero-order chi connectivity index (χ0) is 10.2. The third-order valence-electron chi connectivity index (χ3n) is 2.40. The van der Waals surface area contributed by atoms with Crippen molar-refractivity contribution in [2.24, 2.45) is 5.92 Å². The molecule has 1 rings (SSSR count). The van der Waals surface area contributed by atoms with Gasteiger partial charge in [0.2, 0.25) is 0 Å². The van der Waals surface area contributed by atoms with Gasteiger partial charge < -0.3 is 0 Å². The Kier molecular flexibility index (Phi) is 5.62. The summed E-state index contributed by atoms with van der Waals surface area (Å²) in [5.74, 6) is 0.729. The zero-order valence-electron chi connectivity index (χ0n) is 8.45. The van der Waals surface area contributed by atoms with E-state index in [1.54, 1.807) is 0 Å². The van der Waals surface area contributed by atoms with Crippen molar-refractivity contribution in [3.8, 4) is 0 Å². The summed E-state index contributed by atoms with van der Waals surface area (Å²) in [7, 11) is 0. The smallest absolute Gasteiger partial charge is 0.00627 e. The van der Waals surface area contributed by atoms with Gasteiger partial charge in [-0.3, -0.25) is 0 Å². The van der Waals surface area contributed by atoms with E-state index < -0.39 is 0 Å². The summed E-state index contributed by atoms with van der Waals surface area (Å²) in [6.07, 6.45) is 5.53. The first-order valence-electron chi connectivity index (χ1n) is 5.07. The van der Waals surface area contributed by atoms with Crippen molar-refractivity contribution in [2.45, 2.75) is 19.3 Å². The quantitative estimate of drug-likeness (QED) is 0.526. The maximum atomic E-state index is 3.78. The Morgan fingerprint density at radius 1 is 1.29 bits per heavy atom. The van der Waals surface area contributed by atoms with E-state index in [4.69, 9.17) is 0 Å². The van der Waals surface area contributed by atoms with Crippen molar-refractivity contribution in [1.29, 1.82) is 0 Å².